The molecule has 1 aliphatic heterocycles. The van der Waals surface area contributed by atoms with E-state index in [1.807, 2.05) is 0 Å². The maximum Gasteiger partial charge on any atom is 0.311 e. The molecule has 2 aliphatic rings. The summed E-state index contributed by atoms with van der Waals surface area (Å²) < 4.78 is 26.1. The number of carbonyl (C=O) groups excluding carboxylic acids is 2. The smallest absolute Gasteiger partial charge is 0.311 e. The number of carboxylic acids is 1. The van der Waals surface area contributed by atoms with Gasteiger partial charge in [0, 0.05) is 25.6 Å². The van der Waals surface area contributed by atoms with Crippen LogP contribution in [0.25, 0.3) is 0 Å². The van der Waals surface area contributed by atoms with E-state index in [-0.39, 0.29) is 37.4 Å². The fourth-order valence-corrected chi connectivity index (χ4v) is 4.77. The van der Waals surface area contributed by atoms with Gasteiger partial charge in [-0.2, -0.15) is 0 Å². The molecule has 0 radical (unpaired) electrons. The van der Waals surface area contributed by atoms with Crippen LogP contribution in [0.15, 0.2) is 0 Å². The third-order valence-corrected chi connectivity index (χ3v) is 6.46. The van der Waals surface area contributed by atoms with E-state index in [2.05, 4.69) is 10.0 Å². The number of fused-ring (bicyclic) bond motifs is 1. The van der Waals surface area contributed by atoms with Gasteiger partial charge in [-0.05, 0) is 32.6 Å². The quantitative estimate of drug-likeness (QED) is 0.514. The first-order chi connectivity index (χ1) is 12.1. The molecule has 1 aliphatic carbocycles. The molecule has 9 nitrogen and oxygen atoms in total. The second kappa shape index (κ2) is 7.91. The van der Waals surface area contributed by atoms with Gasteiger partial charge in [0.25, 0.3) is 0 Å². The standard InChI is InChI=1S/C16H27N3O6S/c1-11(2)18-13(20)8-17-26(24,25)7-5-14(21)19-9-12-4-3-6-16(12,10-19)15(22)23/h11-12,17H,3-10H2,1-2H3,(H,18,20)(H,22,23)/t12-,16+/m0/s1. The number of amides is 2. The second-order valence-electron chi connectivity index (χ2n) is 7.44. The zero-order valence-electron chi connectivity index (χ0n) is 15.2. The molecule has 1 saturated heterocycles. The largest absolute Gasteiger partial charge is 0.481 e. The minimum Gasteiger partial charge on any atom is -0.481 e. The minimum absolute atomic E-state index is 0.0570. The first kappa shape index (κ1) is 20.6. The predicted octanol–water partition coefficient (Wildman–Crippen LogP) is -0.466. The summed E-state index contributed by atoms with van der Waals surface area (Å²) in [5.74, 6) is -2.16. The Morgan fingerprint density at radius 1 is 1.31 bits per heavy atom. The van der Waals surface area contributed by atoms with Crippen molar-refractivity contribution in [3.63, 3.8) is 0 Å². The topological polar surface area (TPSA) is 133 Å². The van der Waals surface area contributed by atoms with Crippen molar-refractivity contribution in [1.82, 2.24) is 14.9 Å². The second-order valence-corrected chi connectivity index (χ2v) is 9.36. The lowest BCUT2D eigenvalue weighted by Gasteiger charge is -2.23. The van der Waals surface area contributed by atoms with Crippen LogP contribution in [0.5, 0.6) is 0 Å². The molecule has 0 unspecified atom stereocenters. The molecule has 3 N–H and O–H groups in total. The van der Waals surface area contributed by atoms with Crippen LogP contribution < -0.4 is 10.0 Å². The normalized spacial score (nSPS) is 25.3. The van der Waals surface area contributed by atoms with Crippen LogP contribution in [0.3, 0.4) is 0 Å². The molecule has 26 heavy (non-hydrogen) atoms. The Bertz CT molecular complexity index is 677. The highest BCUT2D eigenvalue weighted by atomic mass is 32.2. The van der Waals surface area contributed by atoms with Crippen molar-refractivity contribution in [2.75, 3.05) is 25.4 Å². The number of aliphatic carboxylic acids is 1. The molecule has 0 bridgehead atoms. The Hall–Kier alpha value is -1.68. The molecule has 0 aromatic rings. The van der Waals surface area contributed by atoms with Gasteiger partial charge in [0.2, 0.25) is 21.8 Å². The summed E-state index contributed by atoms with van der Waals surface area (Å²) in [6.45, 7) is 3.68. The van der Waals surface area contributed by atoms with Crippen molar-refractivity contribution >= 4 is 27.8 Å². The van der Waals surface area contributed by atoms with Crippen molar-refractivity contribution in [1.29, 1.82) is 0 Å². The molecule has 2 atom stereocenters. The number of likely N-dealkylation sites (tertiary alicyclic amines) is 1. The molecule has 1 saturated carbocycles. The molecule has 148 valence electrons. The average molecular weight is 389 g/mol. The van der Waals surface area contributed by atoms with E-state index in [4.69, 9.17) is 0 Å². The fourth-order valence-electron chi connectivity index (χ4n) is 3.83. The van der Waals surface area contributed by atoms with Crippen LogP contribution in [-0.4, -0.2) is 67.6 Å². The van der Waals surface area contributed by atoms with Crippen LogP contribution >= 0.6 is 0 Å². The van der Waals surface area contributed by atoms with Crippen LogP contribution in [-0.2, 0) is 24.4 Å². The molecular weight excluding hydrogens is 362 g/mol. The van der Waals surface area contributed by atoms with Gasteiger partial charge in [0.05, 0.1) is 17.7 Å². The summed E-state index contributed by atoms with van der Waals surface area (Å²) in [6, 6.07) is -0.0928. The van der Waals surface area contributed by atoms with Crippen LogP contribution in [0.1, 0.15) is 39.5 Å². The van der Waals surface area contributed by atoms with Crippen LogP contribution in [0.2, 0.25) is 0 Å². The Balaban J connectivity index is 1.83. The third kappa shape index (κ3) is 4.73. The summed E-state index contributed by atoms with van der Waals surface area (Å²) in [5.41, 5.74) is -0.873. The van der Waals surface area contributed by atoms with E-state index in [9.17, 15) is 27.9 Å². The Morgan fingerprint density at radius 2 is 2.00 bits per heavy atom. The summed E-state index contributed by atoms with van der Waals surface area (Å²) in [6.07, 6.45) is 1.95. The number of hydrogen-bond donors (Lipinski definition) is 3. The van der Waals surface area contributed by atoms with E-state index < -0.39 is 33.1 Å². The summed E-state index contributed by atoms with van der Waals surface area (Å²) in [5, 5.41) is 12.1. The van der Waals surface area contributed by atoms with Gasteiger partial charge in [-0.1, -0.05) is 6.42 Å². The van der Waals surface area contributed by atoms with Crippen molar-refractivity contribution < 1.29 is 27.9 Å². The van der Waals surface area contributed by atoms with E-state index in [1.54, 1.807) is 13.8 Å². The molecule has 0 aromatic carbocycles. The summed E-state index contributed by atoms with van der Waals surface area (Å²) in [4.78, 5) is 36.9. The Kier molecular flexibility index (Phi) is 6.28. The fraction of sp³-hybridized carbons (Fsp3) is 0.812. The van der Waals surface area contributed by atoms with Crippen molar-refractivity contribution in [3.8, 4) is 0 Å². The maximum absolute atomic E-state index is 12.3. The number of rotatable bonds is 8. The highest BCUT2D eigenvalue weighted by Gasteiger charge is 2.55. The van der Waals surface area contributed by atoms with E-state index in [0.29, 0.717) is 13.0 Å². The van der Waals surface area contributed by atoms with Crippen molar-refractivity contribution in [2.24, 2.45) is 11.3 Å². The summed E-state index contributed by atoms with van der Waals surface area (Å²) >= 11 is 0. The first-order valence-corrected chi connectivity index (χ1v) is 10.5. The van der Waals surface area contributed by atoms with Gasteiger partial charge >= 0.3 is 5.97 Å². The van der Waals surface area contributed by atoms with Gasteiger partial charge in [-0.3, -0.25) is 14.4 Å². The monoisotopic (exact) mass is 389 g/mol. The lowest BCUT2D eigenvalue weighted by molar-refractivity contribution is -0.149. The highest BCUT2D eigenvalue weighted by molar-refractivity contribution is 7.89. The van der Waals surface area contributed by atoms with Gasteiger partial charge in [0.15, 0.2) is 0 Å². The number of sulfonamides is 1. The lowest BCUT2D eigenvalue weighted by Crippen LogP contribution is -2.41. The van der Waals surface area contributed by atoms with Crippen LogP contribution in [0, 0.1) is 11.3 Å². The van der Waals surface area contributed by atoms with Gasteiger partial charge < -0.3 is 15.3 Å². The first-order valence-electron chi connectivity index (χ1n) is 8.83. The molecule has 2 fully saturated rings. The average Bonchev–Trinajstić information content (AvgIpc) is 3.08. The number of nitrogens with zero attached hydrogens (tertiary/aromatic N) is 1. The molecular formula is C16H27N3O6S. The molecule has 10 heteroatoms. The number of nitrogens with one attached hydrogen (secondary N) is 2. The van der Waals surface area contributed by atoms with Gasteiger partial charge in [-0.15, -0.1) is 0 Å². The molecule has 2 amide bonds. The van der Waals surface area contributed by atoms with Gasteiger partial charge in [0.1, 0.15) is 0 Å². The Morgan fingerprint density at radius 3 is 2.58 bits per heavy atom. The third-order valence-electron chi connectivity index (χ3n) is 5.14. The maximum atomic E-state index is 12.3. The van der Waals surface area contributed by atoms with E-state index in [1.165, 1.54) is 4.90 Å². The predicted molar refractivity (Wildman–Crippen MR) is 93.7 cm³/mol. The molecule has 0 aromatic heterocycles. The van der Waals surface area contributed by atoms with E-state index in [0.717, 1.165) is 12.8 Å². The zero-order chi connectivity index (χ0) is 19.5. The number of carboxylic acid groups (broad SMARTS) is 1. The molecule has 2 rings (SSSR count). The van der Waals surface area contributed by atoms with Crippen molar-refractivity contribution in [3.05, 3.63) is 0 Å². The number of hydrogen-bond acceptors (Lipinski definition) is 5. The zero-order valence-corrected chi connectivity index (χ0v) is 16.0. The highest BCUT2D eigenvalue weighted by Crippen LogP contribution is 2.48. The summed E-state index contributed by atoms with van der Waals surface area (Å²) in [7, 11) is -3.76. The molecule has 0 spiro atoms. The lowest BCUT2D eigenvalue weighted by atomic mass is 9.81. The molecule has 1 heterocycles. The van der Waals surface area contributed by atoms with E-state index >= 15 is 0 Å². The SMILES string of the molecule is CC(C)NC(=O)CNS(=O)(=O)CCC(=O)N1C[C@@H]2CCC[C@@]2(C(=O)O)C1. The van der Waals surface area contributed by atoms with Crippen molar-refractivity contribution in [2.45, 2.75) is 45.6 Å². The van der Waals surface area contributed by atoms with Gasteiger partial charge in [-0.25, -0.2) is 13.1 Å². The Labute approximate surface area is 153 Å². The number of carbonyl (C=O) groups is 3. The van der Waals surface area contributed by atoms with Crippen LogP contribution in [0.4, 0.5) is 0 Å². The minimum atomic E-state index is -3.76.